The lowest BCUT2D eigenvalue weighted by Crippen LogP contribution is -2.47. The number of carbonyl (C=O) groups excluding carboxylic acids is 3. The number of halogens is 1. The van der Waals surface area contributed by atoms with Gasteiger partial charge in [0.15, 0.2) is 0 Å². The van der Waals surface area contributed by atoms with Crippen LogP contribution < -0.4 is 16.0 Å². The Bertz CT molecular complexity index is 577. The molecular weight excluding hydrogens is 332 g/mol. The fraction of sp³-hybridized carbons (Fsp3) is 0.438. The Morgan fingerprint density at radius 1 is 1.12 bits per heavy atom. The summed E-state index contributed by atoms with van der Waals surface area (Å²) in [5, 5.41) is 8.14. The Morgan fingerprint density at radius 2 is 1.71 bits per heavy atom. The standard InChI is InChI=1S/C16H23ClN4O3/c1-4-11(2)18-16(24)20-15(23)10-21(3)9-14(22)19-13-7-5-12(17)6-8-13/h5-8,11H,4,9-10H2,1-3H3,(H,19,22)(H2,18,20,23,24)/t11-/m1/s1. The van der Waals surface area contributed by atoms with E-state index in [4.69, 9.17) is 11.6 Å². The maximum absolute atomic E-state index is 11.9. The van der Waals surface area contributed by atoms with Crippen molar-refractivity contribution in [3.63, 3.8) is 0 Å². The molecule has 0 radical (unpaired) electrons. The molecular formula is C16H23ClN4O3. The fourth-order valence-electron chi connectivity index (χ4n) is 1.81. The quantitative estimate of drug-likeness (QED) is 0.696. The van der Waals surface area contributed by atoms with E-state index in [1.54, 1.807) is 31.3 Å². The normalized spacial score (nSPS) is 11.7. The van der Waals surface area contributed by atoms with E-state index in [1.165, 1.54) is 4.90 Å². The van der Waals surface area contributed by atoms with Gasteiger partial charge in [-0.2, -0.15) is 0 Å². The lowest BCUT2D eigenvalue weighted by molar-refractivity contribution is -0.122. The molecule has 0 unspecified atom stereocenters. The largest absolute Gasteiger partial charge is 0.335 e. The van der Waals surface area contributed by atoms with Crippen LogP contribution in [0.3, 0.4) is 0 Å². The molecule has 0 saturated carbocycles. The summed E-state index contributed by atoms with van der Waals surface area (Å²) in [5.41, 5.74) is 0.621. The number of nitrogens with one attached hydrogen (secondary N) is 3. The minimum absolute atomic E-state index is 0.0133. The van der Waals surface area contributed by atoms with Crippen molar-refractivity contribution in [1.82, 2.24) is 15.5 Å². The average Bonchev–Trinajstić information content (AvgIpc) is 2.48. The van der Waals surface area contributed by atoms with Crippen LogP contribution in [0.25, 0.3) is 0 Å². The third-order valence-corrected chi connectivity index (χ3v) is 3.45. The van der Waals surface area contributed by atoms with Gasteiger partial charge in [-0.05, 0) is 44.7 Å². The van der Waals surface area contributed by atoms with Gasteiger partial charge in [-0.25, -0.2) is 4.79 Å². The summed E-state index contributed by atoms with van der Waals surface area (Å²) in [4.78, 5) is 36.7. The van der Waals surface area contributed by atoms with Crippen molar-refractivity contribution >= 4 is 35.1 Å². The lowest BCUT2D eigenvalue weighted by atomic mass is 10.3. The molecule has 3 N–H and O–H groups in total. The molecule has 0 aliphatic rings. The van der Waals surface area contributed by atoms with Crippen LogP contribution in [0.4, 0.5) is 10.5 Å². The van der Waals surface area contributed by atoms with Crippen LogP contribution in [0.5, 0.6) is 0 Å². The Kier molecular flexibility index (Phi) is 8.21. The van der Waals surface area contributed by atoms with Gasteiger partial charge in [-0.1, -0.05) is 18.5 Å². The first-order chi connectivity index (χ1) is 11.3. The predicted molar refractivity (Wildman–Crippen MR) is 94.0 cm³/mol. The van der Waals surface area contributed by atoms with Crippen LogP contribution in [-0.2, 0) is 9.59 Å². The lowest BCUT2D eigenvalue weighted by Gasteiger charge is -2.16. The van der Waals surface area contributed by atoms with Crippen LogP contribution in [0.1, 0.15) is 20.3 Å². The molecule has 0 saturated heterocycles. The number of urea groups is 1. The summed E-state index contributed by atoms with van der Waals surface area (Å²) in [6.45, 7) is 3.72. The highest BCUT2D eigenvalue weighted by Crippen LogP contribution is 2.13. The topological polar surface area (TPSA) is 90.5 Å². The smallest absolute Gasteiger partial charge is 0.321 e. The van der Waals surface area contributed by atoms with E-state index in [0.29, 0.717) is 10.7 Å². The number of anilines is 1. The highest BCUT2D eigenvalue weighted by molar-refractivity contribution is 6.30. The molecule has 1 aromatic rings. The number of hydrogen-bond acceptors (Lipinski definition) is 4. The van der Waals surface area contributed by atoms with Crippen LogP contribution in [0.2, 0.25) is 5.02 Å². The summed E-state index contributed by atoms with van der Waals surface area (Å²) in [5.74, 6) is -0.741. The van der Waals surface area contributed by atoms with Gasteiger partial charge in [0.2, 0.25) is 11.8 Å². The third-order valence-electron chi connectivity index (χ3n) is 3.20. The van der Waals surface area contributed by atoms with Gasteiger partial charge >= 0.3 is 6.03 Å². The number of amides is 4. The second-order valence-corrected chi connectivity index (χ2v) is 5.99. The molecule has 4 amide bonds. The average molecular weight is 355 g/mol. The molecule has 132 valence electrons. The minimum atomic E-state index is -0.534. The Balaban J connectivity index is 2.35. The van der Waals surface area contributed by atoms with Gasteiger partial charge in [-0.3, -0.25) is 19.8 Å². The predicted octanol–water partition coefficient (Wildman–Crippen LogP) is 1.83. The van der Waals surface area contributed by atoms with E-state index >= 15 is 0 Å². The van der Waals surface area contributed by atoms with Crippen LogP contribution >= 0.6 is 11.6 Å². The highest BCUT2D eigenvalue weighted by Gasteiger charge is 2.14. The van der Waals surface area contributed by atoms with Crippen molar-refractivity contribution in [3.05, 3.63) is 29.3 Å². The van der Waals surface area contributed by atoms with Gasteiger partial charge in [0.1, 0.15) is 0 Å². The molecule has 0 fully saturated rings. The van der Waals surface area contributed by atoms with E-state index in [2.05, 4.69) is 16.0 Å². The molecule has 0 spiro atoms. The maximum atomic E-state index is 11.9. The molecule has 1 atom stereocenters. The van der Waals surface area contributed by atoms with E-state index < -0.39 is 11.9 Å². The van der Waals surface area contributed by atoms with E-state index in [1.807, 2.05) is 13.8 Å². The van der Waals surface area contributed by atoms with Gasteiger partial charge in [0.25, 0.3) is 0 Å². The molecule has 0 aliphatic carbocycles. The second-order valence-electron chi connectivity index (χ2n) is 5.56. The van der Waals surface area contributed by atoms with Crippen LogP contribution in [-0.4, -0.2) is 48.9 Å². The van der Waals surface area contributed by atoms with E-state index in [0.717, 1.165) is 6.42 Å². The summed E-state index contributed by atoms with van der Waals surface area (Å²) in [7, 11) is 1.62. The fourth-order valence-corrected chi connectivity index (χ4v) is 1.93. The summed E-state index contributed by atoms with van der Waals surface area (Å²) < 4.78 is 0. The molecule has 7 nitrogen and oxygen atoms in total. The SMILES string of the molecule is CC[C@@H](C)NC(=O)NC(=O)CN(C)CC(=O)Nc1ccc(Cl)cc1. The van der Waals surface area contributed by atoms with Gasteiger partial charge in [-0.15, -0.1) is 0 Å². The number of benzene rings is 1. The highest BCUT2D eigenvalue weighted by atomic mass is 35.5. The molecule has 1 rings (SSSR count). The zero-order valence-corrected chi connectivity index (χ0v) is 14.8. The van der Waals surface area contributed by atoms with Crippen molar-refractivity contribution in [1.29, 1.82) is 0 Å². The first-order valence-electron chi connectivity index (χ1n) is 7.64. The number of hydrogen-bond donors (Lipinski definition) is 3. The van der Waals surface area contributed by atoms with Crippen molar-refractivity contribution in [2.24, 2.45) is 0 Å². The van der Waals surface area contributed by atoms with Crippen molar-refractivity contribution < 1.29 is 14.4 Å². The van der Waals surface area contributed by atoms with Crippen molar-refractivity contribution in [2.75, 3.05) is 25.5 Å². The number of nitrogens with zero attached hydrogens (tertiary/aromatic N) is 1. The van der Waals surface area contributed by atoms with Crippen molar-refractivity contribution in [3.8, 4) is 0 Å². The number of carbonyl (C=O) groups is 3. The Morgan fingerprint density at radius 3 is 2.29 bits per heavy atom. The Labute approximate surface area is 146 Å². The zero-order valence-electron chi connectivity index (χ0n) is 14.1. The van der Waals surface area contributed by atoms with Crippen LogP contribution in [0.15, 0.2) is 24.3 Å². The maximum Gasteiger partial charge on any atom is 0.321 e. The first-order valence-corrected chi connectivity index (χ1v) is 8.02. The van der Waals surface area contributed by atoms with Gasteiger partial charge < -0.3 is 10.6 Å². The van der Waals surface area contributed by atoms with Gasteiger partial charge in [0, 0.05) is 16.8 Å². The Hall–Kier alpha value is -2.12. The summed E-state index contributed by atoms with van der Waals surface area (Å²) in [6.07, 6.45) is 0.770. The molecule has 24 heavy (non-hydrogen) atoms. The molecule has 0 heterocycles. The molecule has 8 heteroatoms. The van der Waals surface area contributed by atoms with Crippen molar-refractivity contribution in [2.45, 2.75) is 26.3 Å². The first kappa shape index (κ1) is 19.9. The second kappa shape index (κ2) is 9.89. The molecule has 1 aromatic carbocycles. The summed E-state index contributed by atoms with van der Waals surface area (Å²) >= 11 is 5.77. The molecule has 0 bridgehead atoms. The molecule has 0 aliphatic heterocycles. The number of imide groups is 1. The number of rotatable bonds is 7. The summed E-state index contributed by atoms with van der Waals surface area (Å²) in [6, 6.07) is 6.17. The van der Waals surface area contributed by atoms with E-state index in [-0.39, 0.29) is 25.0 Å². The molecule has 0 aromatic heterocycles. The minimum Gasteiger partial charge on any atom is -0.335 e. The van der Waals surface area contributed by atoms with Crippen LogP contribution in [0, 0.1) is 0 Å². The number of likely N-dealkylation sites (N-methyl/N-ethyl adjacent to an activating group) is 1. The monoisotopic (exact) mass is 354 g/mol. The zero-order chi connectivity index (χ0) is 18.1. The third kappa shape index (κ3) is 7.94. The van der Waals surface area contributed by atoms with E-state index in [9.17, 15) is 14.4 Å². The van der Waals surface area contributed by atoms with Gasteiger partial charge in [0.05, 0.1) is 13.1 Å².